The third-order valence-corrected chi connectivity index (χ3v) is 3.68. The highest BCUT2D eigenvalue weighted by Gasteiger charge is 2.15. The number of nitrogen functional groups attached to an aromatic ring is 1. The van der Waals surface area contributed by atoms with Gasteiger partial charge in [0.05, 0.1) is 12.8 Å². The fraction of sp³-hybridized carbons (Fsp3) is 0.333. The number of nitrogens with two attached hydrogens (primary N) is 1. The van der Waals surface area contributed by atoms with Crippen molar-refractivity contribution in [3.63, 3.8) is 0 Å². The van der Waals surface area contributed by atoms with E-state index < -0.39 is 0 Å². The second-order valence-electron chi connectivity index (χ2n) is 4.25. The third-order valence-electron chi connectivity index (χ3n) is 2.64. The number of ether oxygens (including phenoxy) is 1. The van der Waals surface area contributed by atoms with Crippen LogP contribution in [-0.2, 0) is 0 Å². The Morgan fingerprint density at radius 1 is 1.47 bits per heavy atom. The summed E-state index contributed by atoms with van der Waals surface area (Å²) in [6.07, 6.45) is 0. The molecule has 2 aromatic rings. The maximum atomic E-state index is 11.7. The van der Waals surface area contributed by atoms with Crippen LogP contribution in [0.3, 0.4) is 0 Å². The quantitative estimate of drug-likeness (QED) is 0.835. The fourth-order valence-corrected chi connectivity index (χ4v) is 2.74. The van der Waals surface area contributed by atoms with Gasteiger partial charge in [0, 0.05) is 10.9 Å². The summed E-state index contributed by atoms with van der Waals surface area (Å²) in [7, 11) is 1.57. The molecular weight excluding hydrogens is 264 g/mol. The van der Waals surface area contributed by atoms with Crippen molar-refractivity contribution in [2.24, 2.45) is 0 Å². The predicted molar refractivity (Wildman–Crippen MR) is 74.8 cm³/mol. The summed E-state index contributed by atoms with van der Waals surface area (Å²) in [6.45, 7) is 3.85. The first kappa shape index (κ1) is 13.5. The number of aromatic amines is 1. The van der Waals surface area contributed by atoms with E-state index in [0.717, 1.165) is 4.90 Å². The van der Waals surface area contributed by atoms with Gasteiger partial charge in [0.2, 0.25) is 0 Å². The molecule has 102 valence electrons. The Hall–Kier alpha value is -1.89. The molecule has 0 saturated heterocycles. The molecule has 2 rings (SSSR count). The van der Waals surface area contributed by atoms with Crippen LogP contribution >= 0.6 is 11.8 Å². The fourth-order valence-electron chi connectivity index (χ4n) is 1.71. The Kier molecular flexibility index (Phi) is 3.84. The first-order chi connectivity index (χ1) is 9.04. The Balaban J connectivity index is 2.40. The van der Waals surface area contributed by atoms with Crippen molar-refractivity contribution in [1.29, 1.82) is 0 Å². The Morgan fingerprint density at radius 3 is 2.84 bits per heavy atom. The molecule has 0 bridgehead atoms. The van der Waals surface area contributed by atoms with Crippen molar-refractivity contribution >= 4 is 17.4 Å². The van der Waals surface area contributed by atoms with E-state index in [0.29, 0.717) is 16.6 Å². The van der Waals surface area contributed by atoms with Crippen LogP contribution in [-0.4, -0.2) is 21.9 Å². The molecule has 3 N–H and O–H groups in total. The molecule has 0 radical (unpaired) electrons. The van der Waals surface area contributed by atoms with Crippen molar-refractivity contribution in [2.75, 3.05) is 12.8 Å². The van der Waals surface area contributed by atoms with Gasteiger partial charge in [0.1, 0.15) is 5.75 Å². The Morgan fingerprint density at radius 2 is 2.21 bits per heavy atom. The number of anilines is 1. The van der Waals surface area contributed by atoms with Crippen molar-refractivity contribution in [3.05, 3.63) is 28.7 Å². The molecule has 0 atom stereocenters. The van der Waals surface area contributed by atoms with Crippen LogP contribution in [0.1, 0.15) is 19.9 Å². The van der Waals surface area contributed by atoms with Crippen LogP contribution in [0.25, 0.3) is 0 Å². The summed E-state index contributed by atoms with van der Waals surface area (Å²) in [5, 5.41) is 7.06. The maximum Gasteiger partial charge on any atom is 0.344 e. The molecular formula is C12H16N4O2S. The van der Waals surface area contributed by atoms with Gasteiger partial charge in [-0.25, -0.2) is 9.89 Å². The zero-order chi connectivity index (χ0) is 14.0. The highest BCUT2D eigenvalue weighted by Crippen LogP contribution is 2.36. The van der Waals surface area contributed by atoms with E-state index >= 15 is 0 Å². The minimum Gasteiger partial charge on any atom is -0.495 e. The number of nitrogens with zero attached hydrogens (tertiary/aromatic N) is 2. The number of methoxy groups -OCH3 is 1. The molecule has 1 aromatic heterocycles. The molecule has 0 spiro atoms. The van der Waals surface area contributed by atoms with E-state index in [4.69, 9.17) is 10.5 Å². The summed E-state index contributed by atoms with van der Waals surface area (Å²) < 4.78 is 6.76. The summed E-state index contributed by atoms with van der Waals surface area (Å²) >= 11 is 1.34. The van der Waals surface area contributed by atoms with Crippen molar-refractivity contribution in [1.82, 2.24) is 14.8 Å². The predicted octanol–water partition coefficient (Wildman–Crippen LogP) is 1.89. The number of benzene rings is 1. The van der Waals surface area contributed by atoms with Crippen molar-refractivity contribution in [2.45, 2.75) is 29.9 Å². The van der Waals surface area contributed by atoms with Crippen LogP contribution in [0, 0.1) is 0 Å². The smallest absolute Gasteiger partial charge is 0.344 e. The van der Waals surface area contributed by atoms with Crippen molar-refractivity contribution < 1.29 is 4.74 Å². The molecule has 0 unspecified atom stereocenters. The molecule has 0 aliphatic carbocycles. The summed E-state index contributed by atoms with van der Waals surface area (Å²) in [5.41, 5.74) is 6.32. The number of para-hydroxylation sites is 1. The lowest BCUT2D eigenvalue weighted by Gasteiger charge is -2.11. The summed E-state index contributed by atoms with van der Waals surface area (Å²) in [6, 6.07) is 5.54. The second kappa shape index (κ2) is 5.40. The van der Waals surface area contributed by atoms with Gasteiger partial charge in [-0.1, -0.05) is 6.07 Å². The lowest BCUT2D eigenvalue weighted by atomic mass is 10.3. The van der Waals surface area contributed by atoms with Crippen LogP contribution in [0.5, 0.6) is 5.75 Å². The Labute approximate surface area is 115 Å². The SMILES string of the molecule is COc1cccc(Sc2n[nH]c(=O)n2C(C)C)c1N. The minimum absolute atomic E-state index is 0.0283. The van der Waals surface area contributed by atoms with E-state index in [1.807, 2.05) is 26.0 Å². The zero-order valence-corrected chi connectivity index (χ0v) is 11.8. The second-order valence-corrected chi connectivity index (χ2v) is 5.26. The molecule has 0 aliphatic heterocycles. The molecule has 19 heavy (non-hydrogen) atoms. The van der Waals surface area contributed by atoms with Gasteiger partial charge in [-0.05, 0) is 37.7 Å². The van der Waals surface area contributed by atoms with Crippen LogP contribution in [0.2, 0.25) is 0 Å². The number of rotatable bonds is 4. The summed E-state index contributed by atoms with van der Waals surface area (Å²) in [5.74, 6) is 0.610. The maximum absolute atomic E-state index is 11.7. The van der Waals surface area contributed by atoms with Gasteiger partial charge in [-0.2, -0.15) is 0 Å². The Bertz CT molecular complexity index is 633. The van der Waals surface area contributed by atoms with Gasteiger partial charge in [-0.15, -0.1) is 5.10 Å². The van der Waals surface area contributed by atoms with Gasteiger partial charge >= 0.3 is 5.69 Å². The van der Waals surface area contributed by atoms with Crippen LogP contribution in [0.15, 0.2) is 33.0 Å². The van der Waals surface area contributed by atoms with Gasteiger partial charge < -0.3 is 10.5 Å². The van der Waals surface area contributed by atoms with Crippen LogP contribution in [0.4, 0.5) is 5.69 Å². The van der Waals surface area contributed by atoms with E-state index in [1.165, 1.54) is 11.8 Å². The summed E-state index contributed by atoms with van der Waals surface area (Å²) in [4.78, 5) is 12.5. The topological polar surface area (TPSA) is 85.9 Å². The van der Waals surface area contributed by atoms with E-state index in [1.54, 1.807) is 17.7 Å². The minimum atomic E-state index is -0.223. The molecule has 0 fully saturated rings. The van der Waals surface area contributed by atoms with E-state index in [9.17, 15) is 4.79 Å². The monoisotopic (exact) mass is 280 g/mol. The number of hydrogen-bond acceptors (Lipinski definition) is 5. The largest absolute Gasteiger partial charge is 0.495 e. The normalized spacial score (nSPS) is 10.9. The molecule has 7 heteroatoms. The lowest BCUT2D eigenvalue weighted by Crippen LogP contribution is -2.19. The number of hydrogen-bond donors (Lipinski definition) is 2. The van der Waals surface area contributed by atoms with Gasteiger partial charge in [0.15, 0.2) is 5.16 Å². The van der Waals surface area contributed by atoms with Crippen LogP contribution < -0.4 is 16.2 Å². The molecule has 0 aliphatic rings. The lowest BCUT2D eigenvalue weighted by molar-refractivity contribution is 0.416. The third kappa shape index (κ3) is 2.60. The van der Waals surface area contributed by atoms with Gasteiger partial charge in [-0.3, -0.25) is 4.57 Å². The average molecular weight is 280 g/mol. The highest BCUT2D eigenvalue weighted by atomic mass is 32.2. The number of aromatic nitrogens is 3. The first-order valence-corrected chi connectivity index (χ1v) is 6.63. The molecule has 0 saturated carbocycles. The average Bonchev–Trinajstić information content (AvgIpc) is 2.73. The van der Waals surface area contributed by atoms with Gasteiger partial charge in [0.25, 0.3) is 0 Å². The van der Waals surface area contributed by atoms with E-state index in [2.05, 4.69) is 10.2 Å². The molecule has 1 aromatic carbocycles. The number of nitrogens with one attached hydrogen (secondary N) is 1. The first-order valence-electron chi connectivity index (χ1n) is 5.81. The highest BCUT2D eigenvalue weighted by molar-refractivity contribution is 7.99. The molecule has 0 amide bonds. The number of H-pyrrole nitrogens is 1. The molecule has 6 nitrogen and oxygen atoms in total. The standard InChI is InChI=1S/C12H16N4O2S/c1-7(2)16-11(17)14-15-12(16)19-9-6-4-5-8(18-3)10(9)13/h4-7H,13H2,1-3H3,(H,14,17). The molecule has 1 heterocycles. The zero-order valence-electron chi connectivity index (χ0n) is 11.0. The van der Waals surface area contributed by atoms with Crippen molar-refractivity contribution in [3.8, 4) is 5.75 Å². The van der Waals surface area contributed by atoms with E-state index in [-0.39, 0.29) is 11.7 Å².